The van der Waals surface area contributed by atoms with E-state index in [1.807, 2.05) is 56.3 Å². The van der Waals surface area contributed by atoms with E-state index in [0.717, 1.165) is 22.3 Å². The summed E-state index contributed by atoms with van der Waals surface area (Å²) in [6.07, 6.45) is 0. The van der Waals surface area contributed by atoms with Gasteiger partial charge in [0.05, 0.1) is 13.7 Å². The molecule has 4 rings (SSSR count). The zero-order chi connectivity index (χ0) is 23.2. The van der Waals surface area contributed by atoms with E-state index >= 15 is 0 Å². The number of carbonyl (C=O) groups is 1. The number of aryl methyl sites for hydroxylation is 1. The van der Waals surface area contributed by atoms with Crippen molar-refractivity contribution < 1.29 is 18.7 Å². The second kappa shape index (κ2) is 9.99. The fraction of sp³-hybridized carbons (Fsp3) is 0.192. The molecule has 0 saturated carbocycles. The van der Waals surface area contributed by atoms with Crippen LogP contribution in [0.3, 0.4) is 0 Å². The van der Waals surface area contributed by atoms with Gasteiger partial charge in [0.2, 0.25) is 11.8 Å². The molecular formula is C26H25N3O4. The van der Waals surface area contributed by atoms with Crippen molar-refractivity contribution in [3.63, 3.8) is 0 Å². The minimum atomic E-state index is -0.180. The molecule has 0 saturated heterocycles. The Hall–Kier alpha value is -4.13. The molecule has 3 aromatic carbocycles. The second-order valence-corrected chi connectivity index (χ2v) is 7.41. The highest BCUT2D eigenvalue weighted by Gasteiger charge is 2.13. The molecule has 0 unspecified atom stereocenters. The summed E-state index contributed by atoms with van der Waals surface area (Å²) in [6.45, 7) is 4.84. The van der Waals surface area contributed by atoms with Gasteiger partial charge in [-0.3, -0.25) is 4.79 Å². The molecule has 33 heavy (non-hydrogen) atoms. The summed E-state index contributed by atoms with van der Waals surface area (Å²) >= 11 is 0. The molecule has 0 spiro atoms. The van der Waals surface area contributed by atoms with Gasteiger partial charge in [-0.2, -0.15) is 0 Å². The molecule has 7 nitrogen and oxygen atoms in total. The molecule has 1 amide bonds. The molecule has 0 atom stereocenters. The van der Waals surface area contributed by atoms with Gasteiger partial charge in [-0.1, -0.05) is 24.3 Å². The molecular weight excluding hydrogens is 418 g/mol. The number of ether oxygens (including phenoxy) is 2. The number of aromatic nitrogens is 2. The van der Waals surface area contributed by atoms with Gasteiger partial charge in [0, 0.05) is 23.2 Å². The fourth-order valence-electron chi connectivity index (χ4n) is 3.41. The smallest absolute Gasteiger partial charge is 0.251 e. The normalized spacial score (nSPS) is 10.6. The number of hydrogen-bond donors (Lipinski definition) is 1. The summed E-state index contributed by atoms with van der Waals surface area (Å²) in [4.78, 5) is 12.6. The van der Waals surface area contributed by atoms with Crippen LogP contribution in [0.1, 0.15) is 28.4 Å². The number of hydrogen-bond acceptors (Lipinski definition) is 6. The monoisotopic (exact) mass is 443 g/mol. The van der Waals surface area contributed by atoms with E-state index in [-0.39, 0.29) is 5.91 Å². The quantitative estimate of drug-likeness (QED) is 0.410. The van der Waals surface area contributed by atoms with Crippen molar-refractivity contribution in [2.45, 2.75) is 20.4 Å². The van der Waals surface area contributed by atoms with Crippen molar-refractivity contribution in [2.75, 3.05) is 13.7 Å². The molecule has 0 aliphatic heterocycles. The van der Waals surface area contributed by atoms with Crippen molar-refractivity contribution in [3.05, 3.63) is 83.4 Å². The Morgan fingerprint density at radius 2 is 1.73 bits per heavy atom. The largest absolute Gasteiger partial charge is 0.493 e. The van der Waals surface area contributed by atoms with E-state index in [4.69, 9.17) is 13.9 Å². The first kappa shape index (κ1) is 22.1. The molecule has 0 bridgehead atoms. The number of nitrogens with zero attached hydrogens (tertiary/aromatic N) is 2. The number of carbonyl (C=O) groups excluding carboxylic acids is 1. The van der Waals surface area contributed by atoms with Gasteiger partial charge in [0.1, 0.15) is 0 Å². The Bertz CT molecular complexity index is 1250. The Kier molecular flexibility index (Phi) is 6.69. The summed E-state index contributed by atoms with van der Waals surface area (Å²) in [7, 11) is 1.59. The van der Waals surface area contributed by atoms with Crippen molar-refractivity contribution in [2.24, 2.45) is 0 Å². The number of benzene rings is 3. The van der Waals surface area contributed by atoms with Crippen LogP contribution < -0.4 is 14.8 Å². The average Bonchev–Trinajstić information content (AvgIpc) is 3.34. The van der Waals surface area contributed by atoms with E-state index in [0.29, 0.717) is 42.0 Å². The summed E-state index contributed by atoms with van der Waals surface area (Å²) in [5, 5.41) is 11.2. The first-order valence-electron chi connectivity index (χ1n) is 10.7. The molecule has 0 fully saturated rings. The zero-order valence-corrected chi connectivity index (χ0v) is 18.8. The van der Waals surface area contributed by atoms with Gasteiger partial charge in [-0.15, -0.1) is 10.2 Å². The van der Waals surface area contributed by atoms with Crippen LogP contribution in [0.4, 0.5) is 0 Å². The summed E-state index contributed by atoms with van der Waals surface area (Å²) < 4.78 is 16.7. The Morgan fingerprint density at radius 3 is 2.45 bits per heavy atom. The number of nitrogens with one attached hydrogen (secondary N) is 1. The van der Waals surface area contributed by atoms with Crippen molar-refractivity contribution >= 4 is 5.91 Å². The third kappa shape index (κ3) is 5.03. The van der Waals surface area contributed by atoms with Crippen LogP contribution in [0.15, 0.2) is 71.1 Å². The van der Waals surface area contributed by atoms with Crippen LogP contribution in [0.5, 0.6) is 11.5 Å². The minimum Gasteiger partial charge on any atom is -0.493 e. The lowest BCUT2D eigenvalue weighted by Crippen LogP contribution is -2.22. The lowest BCUT2D eigenvalue weighted by molar-refractivity contribution is 0.0951. The SMILES string of the molecule is CCOc1ccc(CNC(=O)c2ccc(-c3nnc(-c4ccccc4C)o3)cc2)cc1OC. The van der Waals surface area contributed by atoms with Crippen LogP contribution in [0, 0.1) is 6.92 Å². The highest BCUT2D eigenvalue weighted by molar-refractivity contribution is 5.94. The van der Waals surface area contributed by atoms with Crippen LogP contribution in [0.25, 0.3) is 22.9 Å². The maximum Gasteiger partial charge on any atom is 0.251 e. The maximum absolute atomic E-state index is 12.6. The zero-order valence-electron chi connectivity index (χ0n) is 18.8. The van der Waals surface area contributed by atoms with Crippen LogP contribution in [-0.4, -0.2) is 29.8 Å². The first-order valence-corrected chi connectivity index (χ1v) is 10.7. The van der Waals surface area contributed by atoms with Crippen molar-refractivity contribution in [1.82, 2.24) is 15.5 Å². The van der Waals surface area contributed by atoms with E-state index in [1.165, 1.54) is 0 Å². The molecule has 1 heterocycles. The van der Waals surface area contributed by atoms with Gasteiger partial charge >= 0.3 is 0 Å². The van der Waals surface area contributed by atoms with Crippen LogP contribution >= 0.6 is 0 Å². The number of methoxy groups -OCH3 is 1. The predicted octanol–water partition coefficient (Wildman–Crippen LogP) is 5.05. The molecule has 4 aromatic rings. The fourth-order valence-corrected chi connectivity index (χ4v) is 3.41. The van der Waals surface area contributed by atoms with Crippen molar-refractivity contribution in [1.29, 1.82) is 0 Å². The molecule has 1 aromatic heterocycles. The molecule has 0 radical (unpaired) electrons. The number of rotatable bonds is 8. The highest BCUT2D eigenvalue weighted by atomic mass is 16.5. The van der Waals surface area contributed by atoms with E-state index < -0.39 is 0 Å². The van der Waals surface area contributed by atoms with Gasteiger partial charge in [0.25, 0.3) is 5.91 Å². The van der Waals surface area contributed by atoms with Crippen LogP contribution in [0.2, 0.25) is 0 Å². The standard InChI is InChI=1S/C26H25N3O4/c1-4-32-22-14-9-18(15-23(22)31-3)16-27-24(30)19-10-12-20(13-11-19)25-28-29-26(33-25)21-8-6-5-7-17(21)2/h5-15H,4,16H2,1-3H3,(H,27,30). The lowest BCUT2D eigenvalue weighted by atomic mass is 10.1. The van der Waals surface area contributed by atoms with Gasteiger partial charge < -0.3 is 19.2 Å². The third-order valence-corrected chi connectivity index (χ3v) is 5.18. The van der Waals surface area contributed by atoms with Crippen LogP contribution in [-0.2, 0) is 6.54 Å². The molecule has 1 N–H and O–H groups in total. The molecule has 0 aliphatic rings. The Morgan fingerprint density at radius 1 is 0.970 bits per heavy atom. The van der Waals surface area contributed by atoms with Gasteiger partial charge in [-0.05, 0) is 67.4 Å². The summed E-state index contributed by atoms with van der Waals surface area (Å²) in [6, 6.07) is 20.5. The molecule has 7 heteroatoms. The van der Waals surface area contributed by atoms with E-state index in [2.05, 4.69) is 15.5 Å². The second-order valence-electron chi connectivity index (χ2n) is 7.41. The Labute approximate surface area is 192 Å². The van der Waals surface area contributed by atoms with Gasteiger partial charge in [0.15, 0.2) is 11.5 Å². The summed E-state index contributed by atoms with van der Waals surface area (Å²) in [5.41, 5.74) is 4.16. The van der Waals surface area contributed by atoms with E-state index in [9.17, 15) is 4.79 Å². The van der Waals surface area contributed by atoms with E-state index in [1.54, 1.807) is 31.4 Å². The predicted molar refractivity (Wildman–Crippen MR) is 125 cm³/mol. The topological polar surface area (TPSA) is 86.5 Å². The highest BCUT2D eigenvalue weighted by Crippen LogP contribution is 2.28. The average molecular weight is 444 g/mol. The third-order valence-electron chi connectivity index (χ3n) is 5.18. The summed E-state index contributed by atoms with van der Waals surface area (Å²) in [5.74, 6) is 2.01. The lowest BCUT2D eigenvalue weighted by Gasteiger charge is -2.11. The first-order chi connectivity index (χ1) is 16.1. The van der Waals surface area contributed by atoms with Crippen molar-refractivity contribution in [3.8, 4) is 34.4 Å². The van der Waals surface area contributed by atoms with Gasteiger partial charge in [-0.25, -0.2) is 0 Å². The molecule has 168 valence electrons. The minimum absolute atomic E-state index is 0.180. The molecule has 0 aliphatic carbocycles. The maximum atomic E-state index is 12.6. The number of amides is 1. The Balaban J connectivity index is 1.41.